The molecule has 1 aliphatic rings. The fourth-order valence-electron chi connectivity index (χ4n) is 2.17. The third-order valence-corrected chi connectivity index (χ3v) is 7.03. The first-order chi connectivity index (χ1) is 14.7. The van der Waals surface area contributed by atoms with Crippen molar-refractivity contribution in [2.24, 2.45) is 5.73 Å². The fourth-order valence-corrected chi connectivity index (χ4v) is 5.04. The Morgan fingerprint density at radius 2 is 1.94 bits per heavy atom. The fraction of sp³-hybridized carbons (Fsp3) is 0.500. The average molecular weight is 509 g/mol. The second-order valence-electron chi connectivity index (χ2n) is 5.64. The molecule has 31 heavy (non-hydrogen) atoms. The van der Waals surface area contributed by atoms with Gasteiger partial charge in [0.15, 0.2) is 11.8 Å². The third kappa shape index (κ3) is 6.25. The van der Waals surface area contributed by atoms with Crippen LogP contribution in [-0.4, -0.2) is 63.8 Å². The Hall–Kier alpha value is -1.54. The Bertz CT molecular complexity index is 1170. The van der Waals surface area contributed by atoms with Crippen LogP contribution in [0.15, 0.2) is 11.0 Å². The van der Waals surface area contributed by atoms with Crippen molar-refractivity contribution >= 4 is 29.3 Å². The van der Waals surface area contributed by atoms with Crippen molar-refractivity contribution in [1.82, 2.24) is 14.8 Å². The summed E-state index contributed by atoms with van der Waals surface area (Å²) in [5.41, 5.74) is 7.57. The number of hydrogen-bond donors (Lipinski definition) is 7. The number of aromatic nitrogens is 3. The van der Waals surface area contributed by atoms with E-state index in [2.05, 4.69) is 23.2 Å². The minimum Gasteiger partial charge on any atom is -0.387 e. The summed E-state index contributed by atoms with van der Waals surface area (Å²) < 4.78 is 66.2. The van der Waals surface area contributed by atoms with Gasteiger partial charge in [0.1, 0.15) is 18.0 Å². The Morgan fingerprint density at radius 3 is 2.45 bits per heavy atom. The zero-order valence-corrected chi connectivity index (χ0v) is 17.4. The van der Waals surface area contributed by atoms with Crippen LogP contribution in [0.25, 0.3) is 0 Å². The van der Waals surface area contributed by atoms with E-state index < -0.39 is 59.7 Å². The summed E-state index contributed by atoms with van der Waals surface area (Å²) in [6.07, 6.45) is -0.432. The van der Waals surface area contributed by atoms with E-state index in [4.69, 9.17) is 40.0 Å². The van der Waals surface area contributed by atoms with Gasteiger partial charge in [-0.25, -0.2) is 18.5 Å². The lowest BCUT2D eigenvalue weighted by molar-refractivity contribution is -0.0519. The van der Waals surface area contributed by atoms with Gasteiger partial charge in [-0.2, -0.15) is 23.4 Å². The van der Waals surface area contributed by atoms with Gasteiger partial charge in [-0.1, -0.05) is 5.92 Å². The molecule has 1 fully saturated rings. The maximum absolute atomic E-state index is 12.1. The maximum Gasteiger partial charge on any atom is 0.490 e. The molecule has 2 rings (SSSR count). The Labute approximate surface area is 175 Å². The molecular formula is C10H16N5O13P3. The maximum atomic E-state index is 12.1. The van der Waals surface area contributed by atoms with Gasteiger partial charge in [-0.15, -0.1) is 6.42 Å². The van der Waals surface area contributed by atoms with Crippen molar-refractivity contribution in [3.05, 3.63) is 16.7 Å². The number of nitrogens with two attached hydrogens (primary N) is 2. The van der Waals surface area contributed by atoms with Gasteiger partial charge in [0, 0.05) is 0 Å². The van der Waals surface area contributed by atoms with Crippen LogP contribution in [0.3, 0.4) is 0 Å². The molecule has 174 valence electrons. The van der Waals surface area contributed by atoms with Crippen molar-refractivity contribution in [3.8, 4) is 12.3 Å². The van der Waals surface area contributed by atoms with Gasteiger partial charge in [-0.05, 0) is 0 Å². The van der Waals surface area contributed by atoms with E-state index in [0.717, 1.165) is 6.20 Å². The molecule has 6 atom stereocenters. The smallest absolute Gasteiger partial charge is 0.387 e. The van der Waals surface area contributed by atoms with Gasteiger partial charge in [0.25, 0.3) is 0 Å². The summed E-state index contributed by atoms with van der Waals surface area (Å²) in [5, 5.41) is 14.0. The molecule has 0 aliphatic carbocycles. The Morgan fingerprint density at radius 1 is 1.32 bits per heavy atom. The number of rotatable bonds is 8. The van der Waals surface area contributed by atoms with E-state index >= 15 is 0 Å². The number of aliphatic hydroxyl groups is 1. The van der Waals surface area contributed by atoms with Crippen molar-refractivity contribution in [2.45, 2.75) is 24.0 Å². The molecule has 0 saturated carbocycles. The van der Waals surface area contributed by atoms with Crippen LogP contribution in [0.1, 0.15) is 8.97 Å². The highest BCUT2D eigenvalue weighted by atomic mass is 31.3. The first-order valence-electron chi connectivity index (χ1n) is 8.39. The molecule has 1 aromatic heterocycles. The predicted octanol–water partition coefficient (Wildman–Crippen LogP) is -2.85. The molecule has 0 amide bonds. The molecule has 0 radical (unpaired) electrons. The first kappa shape index (κ1) is 22.6. The number of phosphoric acid groups is 3. The summed E-state index contributed by atoms with van der Waals surface area (Å²) in [5.74, 6) is 1.56. The molecule has 0 bridgehead atoms. The second-order valence-corrected chi connectivity index (χ2v) is 9.98. The van der Waals surface area contributed by atoms with Crippen LogP contribution in [0.5, 0.6) is 0 Å². The Balaban J connectivity index is 2.35. The predicted molar refractivity (Wildman–Crippen MR) is 96.2 cm³/mol. The minimum atomic E-state index is -6.01. The zero-order valence-electron chi connectivity index (χ0n) is 16.7. The lowest BCUT2D eigenvalue weighted by Gasteiger charge is -2.26. The lowest BCUT2D eigenvalue weighted by Crippen LogP contribution is -2.55. The summed E-state index contributed by atoms with van der Waals surface area (Å²) in [7, 11) is -17.7. The highest BCUT2D eigenvalue weighted by molar-refractivity contribution is 7.66. The molecule has 1 aliphatic heterocycles. The summed E-state index contributed by atoms with van der Waals surface area (Å²) >= 11 is 0. The van der Waals surface area contributed by atoms with E-state index in [1.807, 2.05) is 5.92 Å². The lowest BCUT2D eigenvalue weighted by atomic mass is 9.92. The van der Waals surface area contributed by atoms with Crippen molar-refractivity contribution in [3.63, 3.8) is 0 Å². The topological polar surface area (TPSA) is 289 Å². The van der Waals surface area contributed by atoms with Gasteiger partial charge >= 0.3 is 29.2 Å². The molecule has 18 nitrogen and oxygen atoms in total. The standard InChI is InChI=1S/C10H16N5O13P3/c1-2-10(12)7(16)5(26-8(10)15-9(17)14-6(11)3-13-15)4-25-30(21,22)28-31(23,24)27-29(18,19)20/h1,3,5,7-8,16H,4,12H2,(H,21,22)(H,23,24)(H2,11,14,17)(H2,18,19,20)/t5-,7+,8-,10?/m1/s1/i4D2. The summed E-state index contributed by atoms with van der Waals surface area (Å²) in [6, 6.07) is 0. The van der Waals surface area contributed by atoms with Crippen molar-refractivity contribution in [2.75, 3.05) is 12.3 Å². The Kier molecular flexibility index (Phi) is 6.41. The molecule has 1 aromatic rings. The zero-order chi connectivity index (χ0) is 25.6. The third-order valence-electron chi connectivity index (χ3n) is 3.37. The largest absolute Gasteiger partial charge is 0.490 e. The SMILES string of the molecule is [2H]C([2H])(OP(=O)(O)OP(=O)(O)OP(=O)(O)O)[C@H]1O[C@@H](n2ncc(N)nc2=O)C(N)(C#C)[C@H]1O. The molecule has 0 aromatic carbocycles. The van der Waals surface area contributed by atoms with Gasteiger partial charge in [0.2, 0.25) is 0 Å². The molecule has 2 heterocycles. The van der Waals surface area contributed by atoms with E-state index in [1.54, 1.807) is 0 Å². The molecule has 3 unspecified atom stereocenters. The summed E-state index contributed by atoms with van der Waals surface area (Å²) in [6.45, 7) is -3.62. The van der Waals surface area contributed by atoms with Crippen LogP contribution in [0.2, 0.25) is 0 Å². The van der Waals surface area contributed by atoms with E-state index in [0.29, 0.717) is 4.68 Å². The highest BCUT2D eigenvalue weighted by Gasteiger charge is 2.55. The number of nitrogen functional groups attached to an aromatic ring is 1. The monoisotopic (exact) mass is 509 g/mol. The van der Waals surface area contributed by atoms with Crippen LogP contribution in [0.4, 0.5) is 5.82 Å². The van der Waals surface area contributed by atoms with Crippen LogP contribution < -0.4 is 17.2 Å². The van der Waals surface area contributed by atoms with Crippen molar-refractivity contribution < 1.29 is 59.0 Å². The van der Waals surface area contributed by atoms with Crippen LogP contribution in [-0.2, 0) is 31.6 Å². The first-order valence-corrected chi connectivity index (χ1v) is 11.9. The molecule has 1 saturated heterocycles. The van der Waals surface area contributed by atoms with Gasteiger partial charge in [0.05, 0.1) is 15.5 Å². The summed E-state index contributed by atoms with van der Waals surface area (Å²) in [4.78, 5) is 51.1. The highest BCUT2D eigenvalue weighted by Crippen LogP contribution is 2.66. The van der Waals surface area contributed by atoms with Gasteiger partial charge in [-0.3, -0.25) is 4.52 Å². The number of phosphoric ester groups is 1. The second kappa shape index (κ2) is 8.77. The molecular weight excluding hydrogens is 491 g/mol. The molecule has 0 spiro atoms. The molecule has 9 N–H and O–H groups in total. The minimum absolute atomic E-state index is 0.322. The van der Waals surface area contributed by atoms with E-state index in [1.165, 1.54) is 0 Å². The molecule has 21 heteroatoms. The number of aliphatic hydroxyl groups excluding tert-OH is 1. The van der Waals surface area contributed by atoms with Crippen LogP contribution >= 0.6 is 23.5 Å². The number of terminal acetylenes is 1. The van der Waals surface area contributed by atoms with E-state index in [-0.39, 0.29) is 5.82 Å². The van der Waals surface area contributed by atoms with Gasteiger partial charge < -0.3 is 40.9 Å². The normalized spacial score (nSPS) is 31.7. The number of ether oxygens (including phenoxy) is 1. The van der Waals surface area contributed by atoms with E-state index in [9.17, 15) is 28.5 Å². The number of nitrogens with zero attached hydrogens (tertiary/aromatic N) is 3. The average Bonchev–Trinajstić information content (AvgIpc) is 2.83. The van der Waals surface area contributed by atoms with Crippen molar-refractivity contribution in [1.29, 1.82) is 0 Å². The number of anilines is 1. The quantitative estimate of drug-likeness (QED) is 0.137. The number of hydrogen-bond acceptors (Lipinski definition) is 13. The van der Waals surface area contributed by atoms with Crippen LogP contribution in [0, 0.1) is 12.3 Å².